The molecule has 11 heteroatoms. The number of thiazole rings is 1. The number of aromatic nitrogens is 3. The zero-order valence-electron chi connectivity index (χ0n) is 25.7. The number of pyridine rings is 1. The average Bonchev–Trinajstić information content (AvgIpc) is 3.57. The largest absolute Gasteiger partial charge is 0.368 e. The Morgan fingerprint density at radius 2 is 1.89 bits per heavy atom. The summed E-state index contributed by atoms with van der Waals surface area (Å²) in [6, 6.07) is 12.2. The molecule has 0 saturated carbocycles. The van der Waals surface area contributed by atoms with Crippen LogP contribution in [0.15, 0.2) is 36.5 Å². The summed E-state index contributed by atoms with van der Waals surface area (Å²) >= 11 is 1.34. The number of nitriles is 1. The van der Waals surface area contributed by atoms with Crippen molar-refractivity contribution < 1.29 is 9.18 Å². The lowest BCUT2D eigenvalue weighted by atomic mass is 9.72. The summed E-state index contributed by atoms with van der Waals surface area (Å²) in [6.07, 6.45) is 3.99. The lowest BCUT2D eigenvalue weighted by molar-refractivity contribution is -0.151. The first-order chi connectivity index (χ1) is 21.2. The van der Waals surface area contributed by atoms with Gasteiger partial charge in [-0.3, -0.25) is 4.79 Å². The minimum absolute atomic E-state index is 0.0507. The molecule has 3 saturated heterocycles. The number of rotatable bonds is 6. The number of likely N-dealkylation sites (tertiary alicyclic amines) is 2. The van der Waals surface area contributed by atoms with Crippen molar-refractivity contribution in [3.05, 3.63) is 58.5 Å². The highest BCUT2D eigenvalue weighted by molar-refractivity contribution is 7.16. The fraction of sp³-hybridized carbons (Fsp3) is 0.455. The van der Waals surface area contributed by atoms with Crippen LogP contribution in [0, 0.1) is 35.4 Å². The van der Waals surface area contributed by atoms with Gasteiger partial charge in [-0.05, 0) is 52.4 Å². The Kier molecular flexibility index (Phi) is 7.09. The van der Waals surface area contributed by atoms with Crippen molar-refractivity contribution in [2.24, 2.45) is 11.3 Å². The number of amides is 1. The second-order valence-electron chi connectivity index (χ2n) is 12.8. The molecule has 0 unspecified atom stereocenters. The summed E-state index contributed by atoms with van der Waals surface area (Å²) < 4.78 is 17.1. The van der Waals surface area contributed by atoms with E-state index in [1.165, 1.54) is 17.5 Å². The fourth-order valence-corrected chi connectivity index (χ4v) is 7.89. The molecule has 0 aliphatic carbocycles. The van der Waals surface area contributed by atoms with Gasteiger partial charge in [0.25, 0.3) is 0 Å². The van der Waals surface area contributed by atoms with Gasteiger partial charge in [-0.1, -0.05) is 48.1 Å². The lowest BCUT2D eigenvalue weighted by Crippen LogP contribution is -2.73. The van der Waals surface area contributed by atoms with Crippen molar-refractivity contribution in [3.8, 4) is 17.3 Å². The molecule has 44 heavy (non-hydrogen) atoms. The van der Waals surface area contributed by atoms with Gasteiger partial charge in [0, 0.05) is 50.1 Å². The highest BCUT2D eigenvalue weighted by Crippen LogP contribution is 2.45. The molecule has 7 rings (SSSR count). The Morgan fingerprint density at radius 1 is 1.18 bits per heavy atom. The number of hydrogen-bond acceptors (Lipinski definition) is 8. The molecule has 6 heterocycles. The number of hydrogen-bond donors (Lipinski definition) is 0. The number of anilines is 3. The van der Waals surface area contributed by atoms with E-state index in [4.69, 9.17) is 10.1 Å². The number of nitrogens with zero attached hydrogens (tertiary/aromatic N) is 8. The van der Waals surface area contributed by atoms with Crippen LogP contribution in [-0.2, 0) is 11.2 Å². The van der Waals surface area contributed by atoms with Crippen molar-refractivity contribution >= 4 is 39.3 Å². The van der Waals surface area contributed by atoms with Gasteiger partial charge in [-0.2, -0.15) is 10.4 Å². The van der Waals surface area contributed by atoms with Crippen LogP contribution < -0.4 is 9.80 Å². The molecular formula is C33H37FN8OS. The van der Waals surface area contributed by atoms with Crippen LogP contribution in [0.5, 0.6) is 0 Å². The van der Waals surface area contributed by atoms with Gasteiger partial charge in [0.1, 0.15) is 16.6 Å². The summed E-state index contributed by atoms with van der Waals surface area (Å²) in [4.78, 5) is 26.8. The van der Waals surface area contributed by atoms with Crippen molar-refractivity contribution in [3.63, 3.8) is 0 Å². The SMILES string of the molecule is CCc1nn2cc(F)c(N3CC4(CN(C(=O)C5CCN(C)CC5)C4)C3)cc2c1N(C)c1nc(-c2ccc(C)cc2)c(C#N)s1. The van der Waals surface area contributed by atoms with Crippen LogP contribution in [0.2, 0.25) is 0 Å². The monoisotopic (exact) mass is 612 g/mol. The molecule has 3 aliphatic heterocycles. The van der Waals surface area contributed by atoms with Gasteiger partial charge in [-0.15, -0.1) is 0 Å². The number of fused-ring (bicyclic) bond motifs is 1. The maximum absolute atomic E-state index is 15.5. The van der Waals surface area contributed by atoms with E-state index in [1.807, 2.05) is 61.0 Å². The Balaban J connectivity index is 1.12. The molecule has 9 nitrogen and oxygen atoms in total. The molecule has 3 aromatic heterocycles. The molecule has 3 aliphatic rings. The fourth-order valence-electron chi connectivity index (χ4n) is 7.04. The first-order valence-corrected chi connectivity index (χ1v) is 16.1. The quantitative estimate of drug-likeness (QED) is 0.300. The topological polar surface area (TPSA) is 84.0 Å². The van der Waals surface area contributed by atoms with Gasteiger partial charge in [-0.25, -0.2) is 13.9 Å². The Morgan fingerprint density at radius 3 is 2.55 bits per heavy atom. The second-order valence-corrected chi connectivity index (χ2v) is 13.8. The molecule has 0 N–H and O–H groups in total. The van der Waals surface area contributed by atoms with E-state index < -0.39 is 0 Å². The number of piperidine rings is 1. The molecular weight excluding hydrogens is 575 g/mol. The van der Waals surface area contributed by atoms with Crippen LogP contribution in [0.3, 0.4) is 0 Å². The summed E-state index contributed by atoms with van der Waals surface area (Å²) in [6.45, 7) is 9.00. The normalized spacial score (nSPS) is 18.4. The molecule has 1 aromatic carbocycles. The van der Waals surface area contributed by atoms with Crippen molar-refractivity contribution in [2.45, 2.75) is 33.1 Å². The molecule has 1 spiro atoms. The zero-order valence-corrected chi connectivity index (χ0v) is 26.5. The minimum Gasteiger partial charge on any atom is -0.368 e. The number of carbonyl (C=O) groups excluding carboxylic acids is 1. The Labute approximate surface area is 261 Å². The number of halogens is 1. The molecule has 4 aromatic rings. The minimum atomic E-state index is -0.312. The first-order valence-electron chi connectivity index (χ1n) is 15.3. The van der Waals surface area contributed by atoms with E-state index in [1.54, 1.807) is 4.52 Å². The van der Waals surface area contributed by atoms with Crippen LogP contribution >= 0.6 is 11.3 Å². The van der Waals surface area contributed by atoms with Crippen LogP contribution in [0.4, 0.5) is 20.9 Å². The van der Waals surface area contributed by atoms with E-state index in [2.05, 4.69) is 22.9 Å². The van der Waals surface area contributed by atoms with Crippen LogP contribution in [0.1, 0.15) is 35.9 Å². The van der Waals surface area contributed by atoms with Gasteiger partial charge in [0.05, 0.1) is 28.8 Å². The number of benzene rings is 1. The maximum atomic E-state index is 15.5. The summed E-state index contributed by atoms with van der Waals surface area (Å²) in [5, 5.41) is 15.3. The third-order valence-electron chi connectivity index (χ3n) is 9.57. The lowest BCUT2D eigenvalue weighted by Gasteiger charge is -2.61. The van der Waals surface area contributed by atoms with Gasteiger partial charge >= 0.3 is 0 Å². The highest BCUT2D eigenvalue weighted by Gasteiger charge is 2.54. The van der Waals surface area contributed by atoms with Gasteiger partial charge in [0.15, 0.2) is 10.9 Å². The Hall–Kier alpha value is -4.01. The first kappa shape index (κ1) is 28.7. The predicted molar refractivity (Wildman–Crippen MR) is 171 cm³/mol. The van der Waals surface area contributed by atoms with E-state index in [9.17, 15) is 10.1 Å². The van der Waals surface area contributed by atoms with Gasteiger partial charge < -0.3 is 19.6 Å². The number of carbonyl (C=O) groups is 1. The third-order valence-corrected chi connectivity index (χ3v) is 10.6. The molecule has 0 atom stereocenters. The smallest absolute Gasteiger partial charge is 0.225 e. The number of aryl methyl sites for hydroxylation is 2. The van der Waals surface area contributed by atoms with E-state index in [-0.39, 0.29) is 17.2 Å². The molecule has 0 bridgehead atoms. The Bertz CT molecular complexity index is 1770. The predicted octanol–water partition coefficient (Wildman–Crippen LogP) is 5.10. The van der Waals surface area contributed by atoms with E-state index >= 15 is 4.39 Å². The third kappa shape index (κ3) is 4.81. The average molecular weight is 613 g/mol. The molecule has 228 valence electrons. The molecule has 1 amide bonds. The van der Waals surface area contributed by atoms with E-state index in [0.29, 0.717) is 33.7 Å². The molecule has 0 radical (unpaired) electrons. The van der Waals surface area contributed by atoms with Crippen molar-refractivity contribution in [1.82, 2.24) is 24.4 Å². The maximum Gasteiger partial charge on any atom is 0.225 e. The van der Waals surface area contributed by atoms with Crippen LogP contribution in [0.25, 0.3) is 16.8 Å². The highest BCUT2D eigenvalue weighted by atomic mass is 32.1. The summed E-state index contributed by atoms with van der Waals surface area (Å²) in [7, 11) is 4.04. The standard InChI is InChI=1S/C33H37FN8OS/c1-5-25-30(39(4)32-36-29(28(15-35)44-32)22-8-6-21(2)7-9-22)27-14-26(24(34)16-42(27)37-25)40-17-33(18-40)19-41(20-33)31(43)23-10-12-38(3)13-11-23/h6-9,14,16,23H,5,10-13,17-20H2,1-4H3. The van der Waals surface area contributed by atoms with Crippen molar-refractivity contribution in [2.75, 3.05) is 63.2 Å². The van der Waals surface area contributed by atoms with Crippen LogP contribution in [-0.4, -0.2) is 83.7 Å². The summed E-state index contributed by atoms with van der Waals surface area (Å²) in [5.41, 5.74) is 5.79. The zero-order chi connectivity index (χ0) is 30.7. The second kappa shape index (κ2) is 10.9. The van der Waals surface area contributed by atoms with Crippen molar-refractivity contribution in [1.29, 1.82) is 5.26 Å². The molecule has 3 fully saturated rings. The van der Waals surface area contributed by atoms with Gasteiger partial charge in [0.2, 0.25) is 5.91 Å². The van der Waals surface area contributed by atoms with E-state index in [0.717, 1.165) is 80.1 Å². The summed E-state index contributed by atoms with van der Waals surface area (Å²) in [5.74, 6) is 0.119.